The molecule has 1 saturated heterocycles. The second kappa shape index (κ2) is 4.32. The molecule has 0 aromatic carbocycles. The maximum absolute atomic E-state index is 12.2. The predicted molar refractivity (Wildman–Crippen MR) is 62.3 cm³/mol. The fraction of sp³-hybridized carbons (Fsp3) is 0.615. The van der Waals surface area contributed by atoms with E-state index in [9.17, 15) is 4.79 Å². The van der Waals surface area contributed by atoms with Crippen LogP contribution in [-0.2, 0) is 0 Å². The molecule has 2 atom stereocenters. The van der Waals surface area contributed by atoms with Crippen LogP contribution in [0.2, 0.25) is 0 Å². The van der Waals surface area contributed by atoms with Crippen LogP contribution in [0.5, 0.6) is 0 Å². The lowest BCUT2D eigenvalue weighted by atomic mass is 9.91. The third-order valence-electron chi connectivity index (χ3n) is 3.25. The number of aryl methyl sites for hydroxylation is 1. The highest BCUT2D eigenvalue weighted by atomic mass is 16.3. The van der Waals surface area contributed by atoms with Crippen molar-refractivity contribution in [3.8, 4) is 0 Å². The Labute approximate surface area is 96.4 Å². The minimum absolute atomic E-state index is 0.115. The van der Waals surface area contributed by atoms with Gasteiger partial charge in [0.15, 0.2) is 0 Å². The van der Waals surface area contributed by atoms with Crippen molar-refractivity contribution < 1.29 is 9.21 Å². The minimum atomic E-state index is 0.115. The van der Waals surface area contributed by atoms with Gasteiger partial charge in [0.2, 0.25) is 0 Å². The molecule has 1 aromatic rings. The number of hydrogen-bond donors (Lipinski definition) is 0. The topological polar surface area (TPSA) is 33.5 Å². The van der Waals surface area contributed by atoms with Crippen LogP contribution in [0.3, 0.4) is 0 Å². The zero-order valence-electron chi connectivity index (χ0n) is 10.2. The average molecular weight is 221 g/mol. The van der Waals surface area contributed by atoms with E-state index in [1.807, 2.05) is 11.8 Å². The molecule has 0 spiro atoms. The molecule has 16 heavy (non-hydrogen) atoms. The molecule has 88 valence electrons. The molecule has 0 saturated carbocycles. The Morgan fingerprint density at radius 3 is 2.50 bits per heavy atom. The third kappa shape index (κ3) is 2.13. The second-order valence-electron chi connectivity index (χ2n) is 5.05. The van der Waals surface area contributed by atoms with Crippen molar-refractivity contribution >= 4 is 5.91 Å². The van der Waals surface area contributed by atoms with Crippen LogP contribution in [0.15, 0.2) is 16.7 Å². The molecule has 0 aliphatic carbocycles. The number of hydrogen-bond acceptors (Lipinski definition) is 2. The maximum atomic E-state index is 12.2. The first kappa shape index (κ1) is 11.2. The van der Waals surface area contributed by atoms with Crippen molar-refractivity contribution in [2.75, 3.05) is 13.1 Å². The van der Waals surface area contributed by atoms with E-state index in [1.165, 1.54) is 6.42 Å². The summed E-state index contributed by atoms with van der Waals surface area (Å²) in [6, 6.07) is 1.77. The fourth-order valence-electron chi connectivity index (χ4n) is 2.61. The zero-order chi connectivity index (χ0) is 11.7. The van der Waals surface area contributed by atoms with Crippen molar-refractivity contribution in [1.29, 1.82) is 0 Å². The smallest absolute Gasteiger partial charge is 0.257 e. The van der Waals surface area contributed by atoms with Gasteiger partial charge in [-0.2, -0.15) is 0 Å². The number of carbonyl (C=O) groups is 1. The van der Waals surface area contributed by atoms with Crippen LogP contribution < -0.4 is 0 Å². The quantitative estimate of drug-likeness (QED) is 0.730. The third-order valence-corrected chi connectivity index (χ3v) is 3.25. The van der Waals surface area contributed by atoms with Crippen molar-refractivity contribution in [3.63, 3.8) is 0 Å². The summed E-state index contributed by atoms with van der Waals surface area (Å²) in [4.78, 5) is 14.2. The molecule has 2 heterocycles. The number of likely N-dealkylation sites (tertiary alicyclic amines) is 1. The van der Waals surface area contributed by atoms with Crippen LogP contribution in [0.25, 0.3) is 0 Å². The van der Waals surface area contributed by atoms with Crippen LogP contribution in [0.4, 0.5) is 0 Å². The number of rotatable bonds is 1. The predicted octanol–water partition coefficient (Wildman–Crippen LogP) is 2.71. The molecule has 0 unspecified atom stereocenters. The Hall–Kier alpha value is -1.25. The van der Waals surface area contributed by atoms with Gasteiger partial charge < -0.3 is 9.32 Å². The first-order valence-electron chi connectivity index (χ1n) is 5.91. The number of furan rings is 1. The molecule has 1 aliphatic rings. The summed E-state index contributed by atoms with van der Waals surface area (Å²) in [7, 11) is 0. The molecule has 3 heteroatoms. The molecule has 2 rings (SSSR count). The number of nitrogens with zero attached hydrogens (tertiary/aromatic N) is 1. The van der Waals surface area contributed by atoms with Gasteiger partial charge >= 0.3 is 0 Å². The monoisotopic (exact) mass is 221 g/mol. The number of carbonyl (C=O) groups excluding carboxylic acids is 1. The Balaban J connectivity index is 2.13. The van der Waals surface area contributed by atoms with E-state index in [2.05, 4.69) is 13.8 Å². The minimum Gasteiger partial charge on any atom is -0.469 e. The summed E-state index contributed by atoms with van der Waals surface area (Å²) < 4.78 is 5.18. The van der Waals surface area contributed by atoms with E-state index < -0.39 is 0 Å². The summed E-state index contributed by atoms with van der Waals surface area (Å²) in [5, 5.41) is 0. The van der Waals surface area contributed by atoms with Crippen LogP contribution >= 0.6 is 0 Å². The van der Waals surface area contributed by atoms with Gasteiger partial charge in [-0.25, -0.2) is 0 Å². The highest BCUT2D eigenvalue weighted by Crippen LogP contribution is 2.23. The van der Waals surface area contributed by atoms with Crippen molar-refractivity contribution in [2.45, 2.75) is 27.2 Å². The van der Waals surface area contributed by atoms with Crippen LogP contribution in [0, 0.1) is 18.8 Å². The van der Waals surface area contributed by atoms with E-state index in [0.717, 1.165) is 18.8 Å². The van der Waals surface area contributed by atoms with Gasteiger partial charge in [-0.15, -0.1) is 0 Å². The van der Waals surface area contributed by atoms with E-state index in [4.69, 9.17) is 4.42 Å². The highest BCUT2D eigenvalue weighted by molar-refractivity contribution is 5.95. The van der Waals surface area contributed by atoms with Gasteiger partial charge in [0.25, 0.3) is 5.91 Å². The molecule has 0 N–H and O–H groups in total. The second-order valence-corrected chi connectivity index (χ2v) is 5.05. The Bertz CT molecular complexity index is 373. The summed E-state index contributed by atoms with van der Waals surface area (Å²) in [6.07, 6.45) is 2.80. The average Bonchev–Trinajstić information content (AvgIpc) is 2.62. The molecule has 0 radical (unpaired) electrons. The standard InChI is InChI=1S/C13H19NO2/c1-9-6-10(2)8-14(7-9)13(15)12-4-5-16-11(12)3/h4-5,9-10H,6-8H2,1-3H3/t9-,10+. The molecule has 1 fully saturated rings. The summed E-state index contributed by atoms with van der Waals surface area (Å²) in [5.41, 5.74) is 0.710. The molecule has 1 aliphatic heterocycles. The van der Waals surface area contributed by atoms with E-state index >= 15 is 0 Å². The summed E-state index contributed by atoms with van der Waals surface area (Å²) >= 11 is 0. The zero-order valence-corrected chi connectivity index (χ0v) is 10.2. The maximum Gasteiger partial charge on any atom is 0.257 e. The molecule has 3 nitrogen and oxygen atoms in total. The van der Waals surface area contributed by atoms with E-state index in [0.29, 0.717) is 17.4 Å². The highest BCUT2D eigenvalue weighted by Gasteiger charge is 2.27. The molecular formula is C13H19NO2. The van der Waals surface area contributed by atoms with Crippen molar-refractivity contribution in [2.24, 2.45) is 11.8 Å². The van der Waals surface area contributed by atoms with Crippen LogP contribution in [0.1, 0.15) is 36.4 Å². The fourth-order valence-corrected chi connectivity index (χ4v) is 2.61. The lowest BCUT2D eigenvalue weighted by Crippen LogP contribution is -2.42. The Morgan fingerprint density at radius 1 is 1.38 bits per heavy atom. The Kier molecular flexibility index (Phi) is 3.03. The number of amides is 1. The first-order valence-corrected chi connectivity index (χ1v) is 5.91. The van der Waals surface area contributed by atoms with Gasteiger partial charge in [0.05, 0.1) is 11.8 Å². The van der Waals surface area contributed by atoms with Crippen molar-refractivity contribution in [1.82, 2.24) is 4.90 Å². The molecule has 0 bridgehead atoms. The van der Waals surface area contributed by atoms with Gasteiger partial charge in [0.1, 0.15) is 5.76 Å². The van der Waals surface area contributed by atoms with Gasteiger partial charge in [-0.3, -0.25) is 4.79 Å². The normalized spacial score (nSPS) is 25.8. The van der Waals surface area contributed by atoms with Crippen LogP contribution in [-0.4, -0.2) is 23.9 Å². The Morgan fingerprint density at radius 2 is 2.00 bits per heavy atom. The van der Waals surface area contributed by atoms with E-state index in [1.54, 1.807) is 12.3 Å². The molecular weight excluding hydrogens is 202 g/mol. The summed E-state index contributed by atoms with van der Waals surface area (Å²) in [5.74, 6) is 2.03. The first-order chi connectivity index (χ1) is 7.58. The van der Waals surface area contributed by atoms with E-state index in [-0.39, 0.29) is 5.91 Å². The largest absolute Gasteiger partial charge is 0.469 e. The van der Waals surface area contributed by atoms with Gasteiger partial charge in [0, 0.05) is 13.1 Å². The number of piperidine rings is 1. The SMILES string of the molecule is Cc1occc1C(=O)N1C[C@H](C)C[C@H](C)C1. The lowest BCUT2D eigenvalue weighted by molar-refractivity contribution is 0.0621. The lowest BCUT2D eigenvalue weighted by Gasteiger charge is -2.34. The van der Waals surface area contributed by atoms with Gasteiger partial charge in [-0.05, 0) is 31.2 Å². The molecule has 1 aromatic heterocycles. The molecule has 1 amide bonds. The van der Waals surface area contributed by atoms with Gasteiger partial charge in [-0.1, -0.05) is 13.8 Å². The van der Waals surface area contributed by atoms with Crippen molar-refractivity contribution in [3.05, 3.63) is 23.7 Å². The summed E-state index contributed by atoms with van der Waals surface area (Å²) in [6.45, 7) is 7.99.